The predicted molar refractivity (Wildman–Crippen MR) is 270 cm³/mol. The van der Waals surface area contributed by atoms with E-state index in [1.807, 2.05) is 0 Å². The standard InChI is InChI=1S/C57H98O6/c1-4-7-10-13-16-19-22-25-27-29-31-32-35-38-41-44-47-50-56(59)62-53-54(52-61-55(58)49-46-43-40-37-34-24-21-18-15-12-9-6-3)63-57(60)51-48-45-42-39-36-33-30-28-26-23-20-17-14-11-8-5-2/h9,12,18,21,25,27-28,30-32,38,41,54H,4-8,10-11,13-17,19-20,22-24,26,29,33-37,39-40,42-53H2,1-3H3/b12-9-,21-18-,27-25-,30-28-,32-31-,41-38-. The zero-order valence-electron chi connectivity index (χ0n) is 41.3. The van der Waals surface area contributed by atoms with E-state index < -0.39 is 6.10 Å². The summed E-state index contributed by atoms with van der Waals surface area (Å²) in [4.78, 5) is 38.0. The Hall–Kier alpha value is -3.15. The smallest absolute Gasteiger partial charge is 0.306 e. The lowest BCUT2D eigenvalue weighted by Crippen LogP contribution is -2.30. The number of esters is 3. The first-order valence-electron chi connectivity index (χ1n) is 26.4. The number of hydrogen-bond donors (Lipinski definition) is 0. The second-order valence-corrected chi connectivity index (χ2v) is 17.4. The SMILES string of the molecule is CC/C=C\C/C=C\CCCCCCCC(=O)OCC(COC(=O)CCC/C=C\C/C=C\C/C=C\CCCCCCCC)OC(=O)CCCCCCC/C=C\CCCCCCCCC. The summed E-state index contributed by atoms with van der Waals surface area (Å²) in [7, 11) is 0. The van der Waals surface area contributed by atoms with E-state index in [4.69, 9.17) is 14.2 Å². The molecule has 0 aliphatic carbocycles. The molecule has 0 aliphatic heterocycles. The van der Waals surface area contributed by atoms with Crippen molar-refractivity contribution in [3.05, 3.63) is 72.9 Å². The Kier molecular flexibility index (Phi) is 48.9. The van der Waals surface area contributed by atoms with Gasteiger partial charge in [-0.05, 0) is 103 Å². The van der Waals surface area contributed by atoms with Crippen LogP contribution in [0, 0.1) is 0 Å². The summed E-state index contributed by atoms with van der Waals surface area (Å²) < 4.78 is 16.7. The number of carbonyl (C=O) groups excluding carboxylic acids is 3. The van der Waals surface area contributed by atoms with Crippen molar-refractivity contribution in [2.45, 2.75) is 258 Å². The van der Waals surface area contributed by atoms with Crippen molar-refractivity contribution in [1.82, 2.24) is 0 Å². The van der Waals surface area contributed by atoms with Crippen LogP contribution < -0.4 is 0 Å². The van der Waals surface area contributed by atoms with Crippen LogP contribution in [0.2, 0.25) is 0 Å². The molecule has 0 spiro atoms. The summed E-state index contributed by atoms with van der Waals surface area (Å²) in [5.41, 5.74) is 0. The monoisotopic (exact) mass is 879 g/mol. The van der Waals surface area contributed by atoms with E-state index in [2.05, 4.69) is 93.7 Å². The van der Waals surface area contributed by atoms with Gasteiger partial charge in [-0.3, -0.25) is 14.4 Å². The maximum atomic E-state index is 12.8. The van der Waals surface area contributed by atoms with Crippen LogP contribution >= 0.6 is 0 Å². The van der Waals surface area contributed by atoms with Crippen LogP contribution in [-0.2, 0) is 28.6 Å². The van der Waals surface area contributed by atoms with Gasteiger partial charge in [-0.25, -0.2) is 0 Å². The lowest BCUT2D eigenvalue weighted by molar-refractivity contribution is -0.167. The fourth-order valence-corrected chi connectivity index (χ4v) is 7.20. The molecule has 6 nitrogen and oxygen atoms in total. The first-order valence-corrected chi connectivity index (χ1v) is 26.4. The minimum absolute atomic E-state index is 0.102. The largest absolute Gasteiger partial charge is 0.462 e. The summed E-state index contributed by atoms with van der Waals surface area (Å²) in [6.07, 6.45) is 64.7. The quantitative estimate of drug-likeness (QED) is 0.0262. The molecule has 362 valence electrons. The highest BCUT2D eigenvalue weighted by molar-refractivity contribution is 5.71. The molecule has 0 aromatic carbocycles. The molecule has 0 N–H and O–H groups in total. The van der Waals surface area contributed by atoms with Crippen LogP contribution in [0.15, 0.2) is 72.9 Å². The first kappa shape index (κ1) is 59.9. The molecule has 1 unspecified atom stereocenters. The van der Waals surface area contributed by atoms with E-state index in [0.29, 0.717) is 19.3 Å². The van der Waals surface area contributed by atoms with Crippen molar-refractivity contribution in [3.8, 4) is 0 Å². The van der Waals surface area contributed by atoms with Crippen LogP contribution in [0.1, 0.15) is 252 Å². The molecular formula is C57H98O6. The van der Waals surface area contributed by atoms with Crippen molar-refractivity contribution >= 4 is 17.9 Å². The molecule has 0 radical (unpaired) electrons. The lowest BCUT2D eigenvalue weighted by atomic mass is 10.1. The first-order chi connectivity index (χ1) is 31.0. The number of hydrogen-bond acceptors (Lipinski definition) is 6. The summed E-state index contributed by atoms with van der Waals surface area (Å²) in [5, 5.41) is 0. The Bertz CT molecular complexity index is 1190. The molecule has 0 aromatic heterocycles. The van der Waals surface area contributed by atoms with Gasteiger partial charge in [0, 0.05) is 19.3 Å². The lowest BCUT2D eigenvalue weighted by Gasteiger charge is -2.18. The van der Waals surface area contributed by atoms with Gasteiger partial charge >= 0.3 is 17.9 Å². The fourth-order valence-electron chi connectivity index (χ4n) is 7.20. The molecule has 6 heteroatoms. The number of carbonyl (C=O) groups is 3. The summed E-state index contributed by atoms with van der Waals surface area (Å²) in [6.45, 7) is 6.46. The van der Waals surface area contributed by atoms with Crippen LogP contribution in [0.5, 0.6) is 0 Å². The molecule has 0 rings (SSSR count). The van der Waals surface area contributed by atoms with Crippen LogP contribution in [-0.4, -0.2) is 37.2 Å². The normalized spacial score (nSPS) is 12.6. The van der Waals surface area contributed by atoms with E-state index in [-0.39, 0.29) is 37.5 Å². The molecule has 0 aliphatic rings. The predicted octanol–water partition coefficient (Wildman–Crippen LogP) is 17.4. The molecule has 0 heterocycles. The van der Waals surface area contributed by atoms with Gasteiger partial charge in [0.05, 0.1) is 0 Å². The summed E-state index contributed by atoms with van der Waals surface area (Å²) in [6, 6.07) is 0. The number of ether oxygens (including phenoxy) is 3. The van der Waals surface area contributed by atoms with E-state index in [1.54, 1.807) is 0 Å². The highest BCUT2D eigenvalue weighted by Crippen LogP contribution is 2.13. The van der Waals surface area contributed by atoms with Gasteiger partial charge in [-0.1, -0.05) is 203 Å². The average Bonchev–Trinajstić information content (AvgIpc) is 3.28. The fraction of sp³-hybridized carbons (Fsp3) is 0.737. The van der Waals surface area contributed by atoms with Crippen molar-refractivity contribution < 1.29 is 28.6 Å². The maximum absolute atomic E-state index is 12.8. The molecule has 0 aromatic rings. The minimum Gasteiger partial charge on any atom is -0.462 e. The Morgan fingerprint density at radius 1 is 0.333 bits per heavy atom. The van der Waals surface area contributed by atoms with E-state index in [1.165, 1.54) is 103 Å². The third-order valence-corrected chi connectivity index (χ3v) is 11.2. The molecule has 0 bridgehead atoms. The second-order valence-electron chi connectivity index (χ2n) is 17.4. The van der Waals surface area contributed by atoms with Crippen molar-refractivity contribution in [3.63, 3.8) is 0 Å². The Morgan fingerprint density at radius 2 is 0.635 bits per heavy atom. The van der Waals surface area contributed by atoms with Gasteiger partial charge in [0.15, 0.2) is 6.10 Å². The third kappa shape index (κ3) is 49.7. The van der Waals surface area contributed by atoms with Gasteiger partial charge in [0.2, 0.25) is 0 Å². The molecular weight excluding hydrogens is 781 g/mol. The van der Waals surface area contributed by atoms with Crippen LogP contribution in [0.3, 0.4) is 0 Å². The number of allylic oxidation sites excluding steroid dienone is 12. The van der Waals surface area contributed by atoms with Crippen molar-refractivity contribution in [2.75, 3.05) is 13.2 Å². The summed E-state index contributed by atoms with van der Waals surface area (Å²) in [5.74, 6) is -0.976. The van der Waals surface area contributed by atoms with Crippen LogP contribution in [0.4, 0.5) is 0 Å². The second kappa shape index (κ2) is 51.5. The van der Waals surface area contributed by atoms with Gasteiger partial charge < -0.3 is 14.2 Å². The molecule has 0 amide bonds. The van der Waals surface area contributed by atoms with Crippen LogP contribution in [0.25, 0.3) is 0 Å². The van der Waals surface area contributed by atoms with Gasteiger partial charge in [-0.2, -0.15) is 0 Å². The molecule has 0 fully saturated rings. The van der Waals surface area contributed by atoms with Gasteiger partial charge in [0.25, 0.3) is 0 Å². The average molecular weight is 879 g/mol. The van der Waals surface area contributed by atoms with Gasteiger partial charge in [0.1, 0.15) is 13.2 Å². The van der Waals surface area contributed by atoms with Crippen molar-refractivity contribution in [1.29, 1.82) is 0 Å². The van der Waals surface area contributed by atoms with E-state index in [0.717, 1.165) is 103 Å². The molecule has 0 saturated heterocycles. The van der Waals surface area contributed by atoms with E-state index >= 15 is 0 Å². The molecule has 0 saturated carbocycles. The number of rotatable bonds is 47. The Balaban J connectivity index is 4.47. The number of unbranched alkanes of at least 4 members (excludes halogenated alkanes) is 24. The molecule has 63 heavy (non-hydrogen) atoms. The topological polar surface area (TPSA) is 78.9 Å². The maximum Gasteiger partial charge on any atom is 0.306 e. The third-order valence-electron chi connectivity index (χ3n) is 11.2. The van der Waals surface area contributed by atoms with E-state index in [9.17, 15) is 14.4 Å². The zero-order chi connectivity index (χ0) is 45.8. The highest BCUT2D eigenvalue weighted by Gasteiger charge is 2.19. The highest BCUT2D eigenvalue weighted by atomic mass is 16.6. The van der Waals surface area contributed by atoms with Crippen molar-refractivity contribution in [2.24, 2.45) is 0 Å². The molecule has 1 atom stereocenters. The zero-order valence-corrected chi connectivity index (χ0v) is 41.3. The minimum atomic E-state index is -0.805. The summed E-state index contributed by atoms with van der Waals surface area (Å²) >= 11 is 0. The Labute approximate surface area is 389 Å². The van der Waals surface area contributed by atoms with Gasteiger partial charge in [-0.15, -0.1) is 0 Å². The Morgan fingerprint density at radius 3 is 1.05 bits per heavy atom.